The lowest BCUT2D eigenvalue weighted by molar-refractivity contribution is -0.383. The third kappa shape index (κ3) is 5.24. The summed E-state index contributed by atoms with van der Waals surface area (Å²) in [5, 5.41) is 14.5. The molecule has 1 aliphatic rings. The number of carbonyl (C=O) groups is 1. The molecule has 0 spiro atoms. The molecule has 1 heterocycles. The molecule has 3 rings (SSSR count). The van der Waals surface area contributed by atoms with Gasteiger partial charge in [0.05, 0.1) is 10.5 Å². The van der Waals surface area contributed by atoms with Gasteiger partial charge in [-0.2, -0.15) is 0 Å². The van der Waals surface area contributed by atoms with E-state index in [1.54, 1.807) is 0 Å². The first-order chi connectivity index (χ1) is 14.1. The number of rotatable bonds is 8. The number of hydrogen-bond acceptors (Lipinski definition) is 7. The maximum atomic E-state index is 13.7. The summed E-state index contributed by atoms with van der Waals surface area (Å²) in [6, 6.07) is 5.41. The second kappa shape index (κ2) is 9.58. The number of halogens is 1. The number of hydrazine groups is 1. The van der Waals surface area contributed by atoms with Crippen LogP contribution in [0.3, 0.4) is 0 Å². The molecule has 2 aromatic rings. The van der Waals surface area contributed by atoms with Crippen LogP contribution in [0, 0.1) is 15.9 Å². The molecule has 3 N–H and O–H groups in total. The van der Waals surface area contributed by atoms with Crippen molar-refractivity contribution in [3.63, 3.8) is 0 Å². The van der Waals surface area contributed by atoms with Crippen LogP contribution in [0.15, 0.2) is 42.2 Å². The third-order valence-corrected chi connectivity index (χ3v) is 4.54. The van der Waals surface area contributed by atoms with E-state index >= 15 is 0 Å². The number of carbonyl (C=O) groups excluding carboxylic acids is 1. The molecule has 9 nitrogen and oxygen atoms in total. The van der Waals surface area contributed by atoms with Crippen LogP contribution in [0.25, 0.3) is 0 Å². The first-order valence-corrected chi connectivity index (χ1v) is 9.28. The summed E-state index contributed by atoms with van der Waals surface area (Å²) in [5.74, 6) is -1.64. The van der Waals surface area contributed by atoms with E-state index < -0.39 is 22.3 Å². The fourth-order valence-electron chi connectivity index (χ4n) is 3.07. The molecule has 0 saturated carbocycles. The van der Waals surface area contributed by atoms with Crippen molar-refractivity contribution in [3.8, 4) is 0 Å². The monoisotopic (exact) mass is 400 g/mol. The van der Waals surface area contributed by atoms with Gasteiger partial charge in [0.2, 0.25) is 11.6 Å². The largest absolute Gasteiger partial charge is 0.364 e. The molecule has 0 fully saturated rings. The minimum atomic E-state index is -0.783. The third-order valence-electron chi connectivity index (χ3n) is 4.54. The average molecular weight is 400 g/mol. The SMILES string of the molecule is O=C(NNc1ncnc(NCCC2=CCCCC2)c1[N+](=O)[O-])c1ccccc1F. The highest BCUT2D eigenvalue weighted by Gasteiger charge is 2.23. The molecule has 29 heavy (non-hydrogen) atoms. The van der Waals surface area contributed by atoms with E-state index in [1.807, 2.05) is 0 Å². The van der Waals surface area contributed by atoms with Crippen LogP contribution in [0.2, 0.25) is 0 Å². The predicted octanol–water partition coefficient (Wildman–Crippen LogP) is 3.58. The van der Waals surface area contributed by atoms with Gasteiger partial charge < -0.3 is 5.32 Å². The number of anilines is 2. The zero-order chi connectivity index (χ0) is 20.6. The van der Waals surface area contributed by atoms with Crippen LogP contribution in [0.4, 0.5) is 21.7 Å². The van der Waals surface area contributed by atoms with Crippen LogP contribution in [0.5, 0.6) is 0 Å². The summed E-state index contributed by atoms with van der Waals surface area (Å²) in [6.07, 6.45) is 8.60. The van der Waals surface area contributed by atoms with E-state index in [1.165, 1.54) is 30.2 Å². The van der Waals surface area contributed by atoms with Crippen molar-refractivity contribution in [2.24, 2.45) is 0 Å². The van der Waals surface area contributed by atoms with Crippen molar-refractivity contribution in [3.05, 3.63) is 63.7 Å². The summed E-state index contributed by atoms with van der Waals surface area (Å²) in [5.41, 5.74) is 5.34. The van der Waals surface area contributed by atoms with Gasteiger partial charge in [-0.1, -0.05) is 23.8 Å². The molecule has 10 heteroatoms. The average Bonchev–Trinajstić information content (AvgIpc) is 2.73. The number of benzene rings is 1. The zero-order valence-corrected chi connectivity index (χ0v) is 15.7. The summed E-state index contributed by atoms with van der Waals surface area (Å²) in [6.45, 7) is 0.491. The number of nitro groups is 1. The standard InChI is InChI=1S/C19H21FN6O3/c20-15-9-5-4-8-14(15)19(27)25-24-18-16(26(28)29)17(22-12-23-18)21-11-10-13-6-2-1-3-7-13/h4-6,8-9,12H,1-3,7,10-11H2,(H,25,27)(H2,21,22,23,24). The van der Waals surface area contributed by atoms with Gasteiger partial charge in [-0.3, -0.25) is 25.8 Å². The molecule has 1 aromatic heterocycles. The van der Waals surface area contributed by atoms with E-state index in [-0.39, 0.29) is 17.2 Å². The molecule has 0 aliphatic heterocycles. The molecule has 1 amide bonds. The Morgan fingerprint density at radius 2 is 2.00 bits per heavy atom. The lowest BCUT2D eigenvalue weighted by atomic mass is 9.97. The number of aromatic nitrogens is 2. The summed E-state index contributed by atoms with van der Waals surface area (Å²) in [4.78, 5) is 30.8. The molecular weight excluding hydrogens is 379 g/mol. The number of amides is 1. The molecule has 0 radical (unpaired) electrons. The van der Waals surface area contributed by atoms with Gasteiger partial charge in [-0.05, 0) is 44.2 Å². The van der Waals surface area contributed by atoms with Crippen LogP contribution in [-0.4, -0.2) is 27.3 Å². The van der Waals surface area contributed by atoms with Gasteiger partial charge in [-0.25, -0.2) is 14.4 Å². The summed E-state index contributed by atoms with van der Waals surface area (Å²) >= 11 is 0. The van der Waals surface area contributed by atoms with Crippen molar-refractivity contribution in [1.29, 1.82) is 0 Å². The molecule has 0 unspecified atom stereocenters. The Balaban J connectivity index is 1.67. The van der Waals surface area contributed by atoms with E-state index in [0.29, 0.717) is 6.54 Å². The maximum Gasteiger partial charge on any atom is 0.354 e. The zero-order valence-electron chi connectivity index (χ0n) is 15.7. The summed E-state index contributed by atoms with van der Waals surface area (Å²) < 4.78 is 13.7. The van der Waals surface area contributed by atoms with Gasteiger partial charge in [0.25, 0.3) is 5.91 Å². The van der Waals surface area contributed by atoms with Crippen molar-refractivity contribution in [2.75, 3.05) is 17.3 Å². The Morgan fingerprint density at radius 3 is 2.72 bits per heavy atom. The van der Waals surface area contributed by atoms with Gasteiger partial charge in [-0.15, -0.1) is 0 Å². The fraction of sp³-hybridized carbons (Fsp3) is 0.316. The Morgan fingerprint density at radius 1 is 1.21 bits per heavy atom. The van der Waals surface area contributed by atoms with Crippen molar-refractivity contribution >= 4 is 23.2 Å². The quantitative estimate of drug-likeness (QED) is 0.352. The molecule has 152 valence electrons. The van der Waals surface area contributed by atoms with Gasteiger partial charge in [0.15, 0.2) is 0 Å². The van der Waals surface area contributed by atoms with Crippen molar-refractivity contribution < 1.29 is 14.1 Å². The molecule has 0 bridgehead atoms. The van der Waals surface area contributed by atoms with Gasteiger partial charge in [0, 0.05) is 6.54 Å². The Kier molecular flexibility index (Phi) is 6.67. The number of hydrogen-bond donors (Lipinski definition) is 3. The van der Waals surface area contributed by atoms with Crippen molar-refractivity contribution in [2.45, 2.75) is 32.1 Å². The molecule has 1 aliphatic carbocycles. The number of nitrogens with zero attached hydrogens (tertiary/aromatic N) is 3. The predicted molar refractivity (Wildman–Crippen MR) is 106 cm³/mol. The molecule has 0 saturated heterocycles. The topological polar surface area (TPSA) is 122 Å². The lowest BCUT2D eigenvalue weighted by Gasteiger charge is -2.14. The normalized spacial score (nSPS) is 13.3. The minimum Gasteiger partial charge on any atom is -0.364 e. The Labute approximate surface area is 166 Å². The Hall–Kier alpha value is -3.56. The number of nitrogens with one attached hydrogen (secondary N) is 3. The van der Waals surface area contributed by atoms with Gasteiger partial charge >= 0.3 is 5.69 Å². The second-order valence-electron chi connectivity index (χ2n) is 6.52. The fourth-order valence-corrected chi connectivity index (χ4v) is 3.07. The van der Waals surface area contributed by atoms with E-state index in [9.17, 15) is 19.3 Å². The summed E-state index contributed by atoms with van der Waals surface area (Å²) in [7, 11) is 0. The second-order valence-corrected chi connectivity index (χ2v) is 6.52. The minimum absolute atomic E-state index is 0.0454. The maximum absolute atomic E-state index is 13.7. The van der Waals surface area contributed by atoms with Crippen LogP contribution in [0.1, 0.15) is 42.5 Å². The first-order valence-electron chi connectivity index (χ1n) is 9.28. The first kappa shape index (κ1) is 20.2. The lowest BCUT2D eigenvalue weighted by Crippen LogP contribution is -2.31. The number of allylic oxidation sites excluding steroid dienone is 1. The smallest absolute Gasteiger partial charge is 0.354 e. The molecular formula is C19H21FN6O3. The van der Waals surface area contributed by atoms with Crippen LogP contribution < -0.4 is 16.2 Å². The van der Waals surface area contributed by atoms with Crippen molar-refractivity contribution in [1.82, 2.24) is 15.4 Å². The van der Waals surface area contributed by atoms with Crippen LogP contribution in [-0.2, 0) is 0 Å². The van der Waals surface area contributed by atoms with E-state index in [2.05, 4.69) is 32.2 Å². The van der Waals surface area contributed by atoms with Crippen LogP contribution >= 0.6 is 0 Å². The highest BCUT2D eigenvalue weighted by atomic mass is 19.1. The molecule has 1 aromatic carbocycles. The Bertz CT molecular complexity index is 934. The van der Waals surface area contributed by atoms with Gasteiger partial charge in [0.1, 0.15) is 12.1 Å². The highest BCUT2D eigenvalue weighted by molar-refractivity contribution is 5.95. The molecule has 0 atom stereocenters. The van der Waals surface area contributed by atoms with E-state index in [0.717, 1.165) is 38.1 Å². The van der Waals surface area contributed by atoms with E-state index in [4.69, 9.17) is 0 Å². The highest BCUT2D eigenvalue weighted by Crippen LogP contribution is 2.29.